The van der Waals surface area contributed by atoms with Gasteiger partial charge in [0, 0.05) is 17.5 Å². The van der Waals surface area contributed by atoms with Crippen molar-refractivity contribution >= 4 is 29.1 Å². The van der Waals surface area contributed by atoms with Crippen molar-refractivity contribution < 1.29 is 4.79 Å². The highest BCUT2D eigenvalue weighted by atomic mass is 35.5. The van der Waals surface area contributed by atoms with E-state index in [1.165, 1.54) is 18.7 Å². The minimum absolute atomic E-state index is 0.353. The molecule has 0 spiro atoms. The Balaban J connectivity index is 0.000000891. The summed E-state index contributed by atoms with van der Waals surface area (Å²) in [4.78, 5) is 18.7. The summed E-state index contributed by atoms with van der Waals surface area (Å²) in [6.45, 7) is 6.08. The zero-order chi connectivity index (χ0) is 18.1. The number of benzene rings is 1. The Morgan fingerprint density at radius 3 is 2.25 bits per heavy atom. The van der Waals surface area contributed by atoms with Gasteiger partial charge < -0.3 is 10.7 Å². The third-order valence-electron chi connectivity index (χ3n) is 2.77. The van der Waals surface area contributed by atoms with E-state index in [1.54, 1.807) is 30.3 Å². The van der Waals surface area contributed by atoms with Gasteiger partial charge in [-0.25, -0.2) is 4.98 Å². The van der Waals surface area contributed by atoms with Crippen molar-refractivity contribution in [1.82, 2.24) is 9.97 Å². The standard InChI is InChI=1S/C15H13Cl2N3O.C3H8/c1-9-5-6-10(14(18)21)7-8-19-15(20-9)13-11(16)3-2-4-12(13)17;1-3-2/h2-8H,1H3,(H2,18,21)(H,19,20);3H2,1-2H3. The van der Waals surface area contributed by atoms with E-state index in [9.17, 15) is 4.79 Å². The number of nitrogens with one attached hydrogen (secondary N) is 1. The van der Waals surface area contributed by atoms with E-state index in [-0.39, 0.29) is 0 Å². The van der Waals surface area contributed by atoms with E-state index in [1.807, 2.05) is 6.92 Å². The molecule has 0 saturated heterocycles. The first-order valence-corrected chi connectivity index (χ1v) is 8.30. The van der Waals surface area contributed by atoms with Gasteiger partial charge in [-0.05, 0) is 37.3 Å². The summed E-state index contributed by atoms with van der Waals surface area (Å²) in [6.07, 6.45) is 2.73. The number of halogens is 2. The lowest BCUT2D eigenvalue weighted by molar-refractivity contribution is 0.100. The fourth-order valence-electron chi connectivity index (χ4n) is 1.74. The molecule has 1 amide bonds. The van der Waals surface area contributed by atoms with Gasteiger partial charge in [-0.3, -0.25) is 4.79 Å². The highest BCUT2D eigenvalue weighted by Crippen LogP contribution is 2.31. The summed E-state index contributed by atoms with van der Waals surface area (Å²) in [5.41, 5.74) is 7.00. The van der Waals surface area contributed by atoms with Crippen LogP contribution in [-0.2, 0) is 0 Å². The smallest absolute Gasteiger partial charge is 0.248 e. The van der Waals surface area contributed by atoms with E-state index >= 15 is 0 Å². The summed E-state index contributed by atoms with van der Waals surface area (Å²) in [5.74, 6) is -0.0283. The van der Waals surface area contributed by atoms with Gasteiger partial charge in [-0.2, -0.15) is 0 Å². The number of carbonyl (C=O) groups excluding carboxylic acids is 1. The van der Waals surface area contributed by atoms with Crippen LogP contribution in [-0.4, -0.2) is 15.9 Å². The number of hydrogen-bond donors (Lipinski definition) is 2. The Morgan fingerprint density at radius 1 is 1.12 bits per heavy atom. The van der Waals surface area contributed by atoms with Crippen molar-refractivity contribution in [2.24, 2.45) is 5.73 Å². The monoisotopic (exact) mass is 365 g/mol. The van der Waals surface area contributed by atoms with Crippen molar-refractivity contribution in [2.75, 3.05) is 0 Å². The number of H-pyrrole nitrogens is 1. The van der Waals surface area contributed by atoms with Crippen LogP contribution in [0.25, 0.3) is 11.4 Å². The molecule has 0 aliphatic carbocycles. The minimum atomic E-state index is -0.523. The van der Waals surface area contributed by atoms with Crippen LogP contribution in [0.1, 0.15) is 36.3 Å². The van der Waals surface area contributed by atoms with Gasteiger partial charge in [-0.15, -0.1) is 0 Å². The SMILES string of the molecule is CCC.Cc1ccc(C(N)=O)ccnc(-c2c(Cl)cccc2Cl)[nH]1. The number of carbonyl (C=O) groups is 1. The Morgan fingerprint density at radius 2 is 1.71 bits per heavy atom. The number of aryl methyl sites for hydroxylation is 1. The van der Waals surface area contributed by atoms with Crippen LogP contribution in [0.15, 0.2) is 42.6 Å². The van der Waals surface area contributed by atoms with Crippen LogP contribution in [0.4, 0.5) is 0 Å². The number of nitrogens with two attached hydrogens (primary N) is 1. The second-order valence-corrected chi connectivity index (χ2v) is 5.87. The van der Waals surface area contributed by atoms with Crippen LogP contribution >= 0.6 is 23.2 Å². The summed E-state index contributed by atoms with van der Waals surface area (Å²) in [6, 6.07) is 10.1. The quantitative estimate of drug-likeness (QED) is 0.754. The summed E-state index contributed by atoms with van der Waals surface area (Å²) < 4.78 is 0. The molecule has 0 aliphatic heterocycles. The molecule has 0 aliphatic rings. The molecule has 3 N–H and O–H groups in total. The topological polar surface area (TPSA) is 71.8 Å². The molecule has 0 unspecified atom stereocenters. The lowest BCUT2D eigenvalue weighted by atomic mass is 10.2. The van der Waals surface area contributed by atoms with E-state index in [4.69, 9.17) is 28.9 Å². The highest BCUT2D eigenvalue weighted by Gasteiger charge is 2.09. The third kappa shape index (κ3) is 5.87. The second kappa shape index (κ2) is 9.96. The molecule has 4 nitrogen and oxygen atoms in total. The number of rotatable bonds is 2. The van der Waals surface area contributed by atoms with E-state index < -0.39 is 5.91 Å². The molecule has 2 aromatic rings. The Hall–Kier alpha value is -2.04. The predicted octanol–water partition coefficient (Wildman–Crippen LogP) is 5.33. The molecule has 0 bridgehead atoms. The van der Waals surface area contributed by atoms with Crippen LogP contribution in [0.3, 0.4) is 0 Å². The Kier molecular flexibility index (Phi) is 8.30. The molecule has 1 heterocycles. The first-order chi connectivity index (χ1) is 11.4. The van der Waals surface area contributed by atoms with E-state index in [2.05, 4.69) is 23.8 Å². The average Bonchev–Trinajstić information content (AvgIpc) is 2.58. The fourth-order valence-corrected chi connectivity index (χ4v) is 2.31. The molecule has 2 rings (SSSR count). The number of aromatic nitrogens is 2. The molecule has 128 valence electrons. The first-order valence-electron chi connectivity index (χ1n) is 7.54. The number of primary amides is 1. The summed E-state index contributed by atoms with van der Waals surface area (Å²) in [5, 5.41) is 0.967. The Bertz CT molecular complexity index is 736. The van der Waals surface area contributed by atoms with Crippen LogP contribution in [0.2, 0.25) is 10.0 Å². The van der Waals surface area contributed by atoms with Gasteiger partial charge in [0.05, 0.1) is 15.6 Å². The van der Waals surface area contributed by atoms with Gasteiger partial charge in [0.25, 0.3) is 0 Å². The second-order valence-electron chi connectivity index (χ2n) is 5.06. The van der Waals surface area contributed by atoms with E-state index in [0.29, 0.717) is 27.0 Å². The van der Waals surface area contributed by atoms with E-state index in [0.717, 1.165) is 5.69 Å². The number of nitrogens with zero attached hydrogens (tertiary/aromatic N) is 1. The van der Waals surface area contributed by atoms with Gasteiger partial charge in [-0.1, -0.05) is 49.5 Å². The maximum Gasteiger partial charge on any atom is 0.248 e. The fraction of sp³-hybridized carbons (Fsp3) is 0.222. The molecule has 0 saturated carbocycles. The molecule has 6 heteroatoms. The van der Waals surface area contributed by atoms with Gasteiger partial charge >= 0.3 is 0 Å². The van der Waals surface area contributed by atoms with Crippen molar-refractivity contribution in [3.05, 3.63) is 63.9 Å². The lowest BCUT2D eigenvalue weighted by Crippen LogP contribution is -2.09. The zero-order valence-corrected chi connectivity index (χ0v) is 15.4. The highest BCUT2D eigenvalue weighted by molar-refractivity contribution is 6.38. The molecule has 0 radical (unpaired) electrons. The lowest BCUT2D eigenvalue weighted by Gasteiger charge is -2.05. The summed E-state index contributed by atoms with van der Waals surface area (Å²) in [7, 11) is 0. The third-order valence-corrected chi connectivity index (χ3v) is 3.40. The van der Waals surface area contributed by atoms with Crippen molar-refractivity contribution in [2.45, 2.75) is 27.2 Å². The Labute approximate surface area is 152 Å². The molecular formula is C18H21Cl2N3O. The maximum atomic E-state index is 11.3. The van der Waals surface area contributed by atoms with Crippen molar-refractivity contribution in [3.63, 3.8) is 0 Å². The molecule has 24 heavy (non-hydrogen) atoms. The van der Waals surface area contributed by atoms with Crippen molar-refractivity contribution in [1.29, 1.82) is 0 Å². The van der Waals surface area contributed by atoms with Gasteiger partial charge in [0.1, 0.15) is 5.82 Å². The number of hydrogen-bond acceptors (Lipinski definition) is 2. The number of aromatic amines is 1. The first kappa shape index (κ1) is 20.0. The minimum Gasteiger partial charge on any atom is -0.366 e. The molecular weight excluding hydrogens is 345 g/mol. The van der Waals surface area contributed by atoms with Crippen molar-refractivity contribution in [3.8, 4) is 11.4 Å². The molecule has 1 aromatic carbocycles. The molecule has 1 aromatic heterocycles. The largest absolute Gasteiger partial charge is 0.366 e. The normalized spacial score (nSPS) is 9.54. The molecule has 0 atom stereocenters. The maximum absolute atomic E-state index is 11.3. The number of amides is 1. The van der Waals surface area contributed by atoms with Gasteiger partial charge in [0.15, 0.2) is 0 Å². The van der Waals surface area contributed by atoms with Gasteiger partial charge in [0.2, 0.25) is 5.91 Å². The zero-order valence-electron chi connectivity index (χ0n) is 13.9. The van der Waals surface area contributed by atoms with Crippen LogP contribution < -0.4 is 5.73 Å². The predicted molar refractivity (Wildman–Crippen MR) is 101 cm³/mol. The molecule has 0 fully saturated rings. The summed E-state index contributed by atoms with van der Waals surface area (Å²) >= 11 is 12.4. The average molecular weight is 366 g/mol. The van der Waals surface area contributed by atoms with Crippen LogP contribution in [0.5, 0.6) is 0 Å². The van der Waals surface area contributed by atoms with Crippen LogP contribution in [0, 0.1) is 6.92 Å².